The lowest BCUT2D eigenvalue weighted by Gasteiger charge is -2.33. The molecule has 2 N–H and O–H groups in total. The fourth-order valence-corrected chi connectivity index (χ4v) is 4.18. The topological polar surface area (TPSA) is 54.0 Å². The zero-order chi connectivity index (χ0) is 13.9. The average molecular weight is 293 g/mol. The minimum absolute atomic E-state index is 0.140. The Bertz CT molecular complexity index is 461. The van der Waals surface area contributed by atoms with Gasteiger partial charge < -0.3 is 10.6 Å². The largest absolute Gasteiger partial charge is 0.317 e. The predicted octanol–water partition coefficient (Wildman–Crippen LogP) is 3.13. The Labute approximate surface area is 124 Å². The minimum Gasteiger partial charge on any atom is -0.317 e. The SMILES string of the molecule is CNC1CC(C(=O)Nc2ncc(C3CCCCC3)s2)C1. The molecule has 0 aliphatic heterocycles. The van der Waals surface area contributed by atoms with Crippen molar-refractivity contribution in [2.75, 3.05) is 12.4 Å². The third kappa shape index (κ3) is 3.04. The highest BCUT2D eigenvalue weighted by Gasteiger charge is 2.33. The van der Waals surface area contributed by atoms with Crippen molar-refractivity contribution in [3.8, 4) is 0 Å². The predicted molar refractivity (Wildman–Crippen MR) is 82.1 cm³/mol. The molecule has 20 heavy (non-hydrogen) atoms. The van der Waals surface area contributed by atoms with Gasteiger partial charge in [-0.1, -0.05) is 19.3 Å². The maximum atomic E-state index is 12.1. The molecule has 1 aromatic heterocycles. The van der Waals surface area contributed by atoms with Crippen LogP contribution < -0.4 is 10.6 Å². The zero-order valence-corrected chi connectivity index (χ0v) is 12.8. The Balaban J connectivity index is 1.53. The molecule has 4 nitrogen and oxygen atoms in total. The Morgan fingerprint density at radius 3 is 2.75 bits per heavy atom. The number of hydrogen-bond donors (Lipinski definition) is 2. The van der Waals surface area contributed by atoms with Gasteiger partial charge in [0.1, 0.15) is 0 Å². The van der Waals surface area contributed by atoms with E-state index in [1.165, 1.54) is 37.0 Å². The Morgan fingerprint density at radius 2 is 2.05 bits per heavy atom. The summed E-state index contributed by atoms with van der Waals surface area (Å²) in [4.78, 5) is 17.8. The number of carbonyl (C=O) groups is 1. The van der Waals surface area contributed by atoms with Crippen LogP contribution in [0.4, 0.5) is 5.13 Å². The van der Waals surface area contributed by atoms with Crippen molar-refractivity contribution in [2.45, 2.75) is 56.9 Å². The van der Waals surface area contributed by atoms with Crippen LogP contribution in [0, 0.1) is 5.92 Å². The fraction of sp³-hybridized carbons (Fsp3) is 0.733. The monoisotopic (exact) mass is 293 g/mol. The molecular formula is C15H23N3OS. The van der Waals surface area contributed by atoms with E-state index in [-0.39, 0.29) is 11.8 Å². The van der Waals surface area contributed by atoms with Gasteiger partial charge in [-0.25, -0.2) is 4.98 Å². The first kappa shape index (κ1) is 14.0. The lowest BCUT2D eigenvalue weighted by atomic mass is 9.80. The molecular weight excluding hydrogens is 270 g/mol. The van der Waals surface area contributed by atoms with Gasteiger partial charge >= 0.3 is 0 Å². The van der Waals surface area contributed by atoms with Crippen molar-refractivity contribution in [3.05, 3.63) is 11.1 Å². The van der Waals surface area contributed by atoms with E-state index in [1.807, 2.05) is 13.2 Å². The van der Waals surface area contributed by atoms with Gasteiger partial charge in [0.2, 0.25) is 5.91 Å². The molecule has 2 saturated carbocycles. The smallest absolute Gasteiger partial charge is 0.229 e. The second kappa shape index (κ2) is 6.22. The van der Waals surface area contributed by atoms with E-state index in [1.54, 1.807) is 11.3 Å². The van der Waals surface area contributed by atoms with E-state index < -0.39 is 0 Å². The standard InChI is InChI=1S/C15H23N3OS/c1-16-12-7-11(8-12)14(19)18-15-17-9-13(20-15)10-5-3-2-4-6-10/h9-12,16H,2-8H2,1H3,(H,17,18,19). The number of amides is 1. The van der Waals surface area contributed by atoms with E-state index in [2.05, 4.69) is 15.6 Å². The highest BCUT2D eigenvalue weighted by atomic mass is 32.1. The fourth-order valence-electron chi connectivity index (χ4n) is 3.20. The van der Waals surface area contributed by atoms with Gasteiger partial charge in [0.25, 0.3) is 0 Å². The van der Waals surface area contributed by atoms with Crippen LogP contribution in [0.25, 0.3) is 0 Å². The first-order valence-electron chi connectivity index (χ1n) is 7.70. The first-order valence-corrected chi connectivity index (χ1v) is 8.51. The summed E-state index contributed by atoms with van der Waals surface area (Å²) in [6.45, 7) is 0. The highest BCUT2D eigenvalue weighted by molar-refractivity contribution is 7.15. The average Bonchev–Trinajstić information content (AvgIpc) is 2.87. The van der Waals surface area contributed by atoms with Crippen molar-refractivity contribution < 1.29 is 4.79 Å². The van der Waals surface area contributed by atoms with Gasteiger partial charge in [0, 0.05) is 23.0 Å². The summed E-state index contributed by atoms with van der Waals surface area (Å²) < 4.78 is 0. The number of rotatable bonds is 4. The van der Waals surface area contributed by atoms with Crippen LogP contribution in [0.5, 0.6) is 0 Å². The first-order chi connectivity index (χ1) is 9.76. The summed E-state index contributed by atoms with van der Waals surface area (Å²) in [6, 6.07) is 0.514. The molecule has 0 saturated heterocycles. The maximum absolute atomic E-state index is 12.1. The lowest BCUT2D eigenvalue weighted by molar-refractivity contribution is -0.122. The number of thiazole rings is 1. The number of nitrogens with one attached hydrogen (secondary N) is 2. The Hall–Kier alpha value is -0.940. The molecule has 0 spiro atoms. The van der Waals surface area contributed by atoms with E-state index in [9.17, 15) is 4.79 Å². The third-order valence-corrected chi connectivity index (χ3v) is 5.75. The molecule has 3 rings (SSSR count). The van der Waals surface area contributed by atoms with Crippen LogP contribution in [-0.2, 0) is 4.79 Å². The molecule has 0 aromatic carbocycles. The molecule has 2 aliphatic carbocycles. The number of hydrogen-bond acceptors (Lipinski definition) is 4. The van der Waals surface area contributed by atoms with E-state index in [0.29, 0.717) is 12.0 Å². The van der Waals surface area contributed by atoms with Crippen molar-refractivity contribution >= 4 is 22.4 Å². The molecule has 2 aliphatic rings. The van der Waals surface area contributed by atoms with Crippen LogP contribution in [0.2, 0.25) is 0 Å². The summed E-state index contributed by atoms with van der Waals surface area (Å²) in [5.41, 5.74) is 0. The summed E-state index contributed by atoms with van der Waals surface area (Å²) in [5, 5.41) is 6.97. The number of nitrogens with zero attached hydrogens (tertiary/aromatic N) is 1. The maximum Gasteiger partial charge on any atom is 0.229 e. The van der Waals surface area contributed by atoms with Crippen LogP contribution in [0.1, 0.15) is 55.7 Å². The van der Waals surface area contributed by atoms with Crippen molar-refractivity contribution in [1.29, 1.82) is 0 Å². The number of anilines is 1. The van der Waals surface area contributed by atoms with E-state index in [4.69, 9.17) is 0 Å². The van der Waals surface area contributed by atoms with Gasteiger partial charge in [-0.05, 0) is 38.6 Å². The lowest BCUT2D eigenvalue weighted by Crippen LogP contribution is -2.44. The van der Waals surface area contributed by atoms with E-state index in [0.717, 1.165) is 18.0 Å². The van der Waals surface area contributed by atoms with Crippen molar-refractivity contribution in [2.24, 2.45) is 5.92 Å². The second-order valence-corrected chi connectivity index (χ2v) is 7.11. The summed E-state index contributed by atoms with van der Waals surface area (Å²) >= 11 is 1.67. The van der Waals surface area contributed by atoms with Crippen LogP contribution in [-0.4, -0.2) is 24.0 Å². The highest BCUT2D eigenvalue weighted by Crippen LogP contribution is 2.37. The molecule has 0 atom stereocenters. The van der Waals surface area contributed by atoms with E-state index >= 15 is 0 Å². The molecule has 1 heterocycles. The third-order valence-electron chi connectivity index (χ3n) is 4.68. The number of aromatic nitrogens is 1. The van der Waals surface area contributed by atoms with Crippen LogP contribution >= 0.6 is 11.3 Å². The van der Waals surface area contributed by atoms with Crippen LogP contribution in [0.3, 0.4) is 0 Å². The van der Waals surface area contributed by atoms with Crippen LogP contribution in [0.15, 0.2) is 6.20 Å². The zero-order valence-electron chi connectivity index (χ0n) is 12.0. The summed E-state index contributed by atoms with van der Waals surface area (Å²) in [7, 11) is 1.95. The number of carbonyl (C=O) groups excluding carboxylic acids is 1. The molecule has 0 radical (unpaired) electrons. The molecule has 1 aromatic rings. The summed E-state index contributed by atoms with van der Waals surface area (Å²) in [6.07, 6.45) is 10.5. The van der Waals surface area contributed by atoms with Crippen molar-refractivity contribution in [1.82, 2.24) is 10.3 Å². The molecule has 2 fully saturated rings. The Kier molecular flexibility index (Phi) is 4.36. The quantitative estimate of drug-likeness (QED) is 0.896. The van der Waals surface area contributed by atoms with Gasteiger partial charge in [-0.15, -0.1) is 11.3 Å². The summed E-state index contributed by atoms with van der Waals surface area (Å²) in [5.74, 6) is 0.972. The van der Waals surface area contributed by atoms with Gasteiger partial charge in [-0.2, -0.15) is 0 Å². The van der Waals surface area contributed by atoms with Gasteiger partial charge in [0.05, 0.1) is 0 Å². The minimum atomic E-state index is 0.140. The normalized spacial score (nSPS) is 27.1. The van der Waals surface area contributed by atoms with Gasteiger partial charge in [-0.3, -0.25) is 4.79 Å². The molecule has 0 unspecified atom stereocenters. The van der Waals surface area contributed by atoms with Gasteiger partial charge in [0.15, 0.2) is 5.13 Å². The molecule has 5 heteroatoms. The van der Waals surface area contributed by atoms with Crippen molar-refractivity contribution in [3.63, 3.8) is 0 Å². The Morgan fingerprint density at radius 1 is 1.30 bits per heavy atom. The molecule has 1 amide bonds. The second-order valence-electron chi connectivity index (χ2n) is 6.05. The molecule has 0 bridgehead atoms. The molecule has 110 valence electrons.